The molecule has 0 spiro atoms. The number of hydrogen-bond donors (Lipinski definition) is 1. The van der Waals surface area contributed by atoms with E-state index in [1.807, 2.05) is 39.8 Å². The van der Waals surface area contributed by atoms with Crippen molar-refractivity contribution < 1.29 is 4.79 Å². The van der Waals surface area contributed by atoms with Crippen LogP contribution in [0.4, 0.5) is 10.5 Å². The molecule has 1 atom stereocenters. The number of fused-ring (bicyclic) bond motifs is 3. The minimum absolute atomic E-state index is 0.110. The number of amidine groups is 1. The number of hydrogen-bond acceptors (Lipinski definition) is 4. The summed E-state index contributed by atoms with van der Waals surface area (Å²) in [5, 5.41) is 3.24. The summed E-state index contributed by atoms with van der Waals surface area (Å²) in [5.74, 6) is 1.92. The van der Waals surface area contributed by atoms with Gasteiger partial charge in [0, 0.05) is 23.7 Å². The van der Waals surface area contributed by atoms with Crippen LogP contribution in [0.15, 0.2) is 34.2 Å². The molecule has 0 aliphatic carbocycles. The van der Waals surface area contributed by atoms with Crippen molar-refractivity contribution in [3.63, 3.8) is 0 Å². The average molecular weight is 288 g/mol. The van der Waals surface area contributed by atoms with Crippen LogP contribution in [-0.4, -0.2) is 54.7 Å². The van der Waals surface area contributed by atoms with E-state index in [-0.39, 0.29) is 12.1 Å². The summed E-state index contributed by atoms with van der Waals surface area (Å²) in [6, 6.07) is 8.56. The van der Waals surface area contributed by atoms with Gasteiger partial charge in [-0.3, -0.25) is 9.89 Å². The molecule has 20 heavy (non-hydrogen) atoms. The Kier molecular flexibility index (Phi) is 2.84. The van der Waals surface area contributed by atoms with Crippen LogP contribution in [0.25, 0.3) is 0 Å². The number of carbonyl (C=O) groups is 1. The summed E-state index contributed by atoms with van der Waals surface area (Å²) in [4.78, 5) is 22.1. The lowest BCUT2D eigenvalue weighted by molar-refractivity contribution is 0.226. The Morgan fingerprint density at radius 3 is 3.15 bits per heavy atom. The number of benzene rings is 1. The number of urea groups is 1. The quantitative estimate of drug-likeness (QED) is 0.895. The van der Waals surface area contributed by atoms with E-state index in [4.69, 9.17) is 0 Å². The Labute approximate surface area is 122 Å². The van der Waals surface area contributed by atoms with Gasteiger partial charge in [-0.1, -0.05) is 12.1 Å². The second-order valence-electron chi connectivity index (χ2n) is 5.22. The number of anilines is 1. The van der Waals surface area contributed by atoms with Crippen molar-refractivity contribution in [1.82, 2.24) is 10.2 Å². The van der Waals surface area contributed by atoms with E-state index in [9.17, 15) is 4.79 Å². The normalized spacial score (nSPS) is 24.3. The second-order valence-corrected chi connectivity index (χ2v) is 6.28. The predicted octanol–water partition coefficient (Wildman–Crippen LogP) is 1.40. The zero-order valence-electron chi connectivity index (χ0n) is 11.1. The summed E-state index contributed by atoms with van der Waals surface area (Å²) >= 11 is 1.85. The Morgan fingerprint density at radius 1 is 1.40 bits per heavy atom. The van der Waals surface area contributed by atoms with E-state index >= 15 is 0 Å². The summed E-state index contributed by atoms with van der Waals surface area (Å²) in [5.41, 5.74) is 1.06. The first-order chi connectivity index (χ1) is 9.83. The van der Waals surface area contributed by atoms with Gasteiger partial charge in [0.05, 0.1) is 24.8 Å². The molecule has 1 unspecified atom stereocenters. The second kappa shape index (κ2) is 4.70. The van der Waals surface area contributed by atoms with Gasteiger partial charge in [0.2, 0.25) is 0 Å². The molecule has 3 heterocycles. The highest BCUT2D eigenvalue weighted by Crippen LogP contribution is 2.40. The smallest absolute Gasteiger partial charge is 0.325 e. The third-order valence-electron chi connectivity index (χ3n) is 3.91. The van der Waals surface area contributed by atoms with Crippen LogP contribution < -0.4 is 10.2 Å². The van der Waals surface area contributed by atoms with Gasteiger partial charge in [-0.05, 0) is 12.1 Å². The van der Waals surface area contributed by atoms with E-state index in [2.05, 4.69) is 16.4 Å². The Balaban J connectivity index is 1.60. The van der Waals surface area contributed by atoms with Gasteiger partial charge in [0.15, 0.2) is 0 Å². The molecule has 4 rings (SSSR count). The third-order valence-corrected chi connectivity index (χ3v) is 5.12. The van der Waals surface area contributed by atoms with Crippen LogP contribution in [0, 0.1) is 0 Å². The maximum Gasteiger partial charge on any atom is 0.325 e. The minimum Gasteiger partial charge on any atom is -0.370 e. The lowest BCUT2D eigenvalue weighted by atomic mass is 10.2. The molecule has 2 amide bonds. The van der Waals surface area contributed by atoms with E-state index < -0.39 is 0 Å². The van der Waals surface area contributed by atoms with Crippen molar-refractivity contribution in [2.45, 2.75) is 10.9 Å². The fourth-order valence-electron chi connectivity index (χ4n) is 2.98. The largest absolute Gasteiger partial charge is 0.370 e. The van der Waals surface area contributed by atoms with Crippen LogP contribution in [0.2, 0.25) is 0 Å². The standard InChI is InChI=1S/C14H16N4OS/c19-14-17(8-13-15-5-6-16-13)7-10-9-20-12-4-2-1-3-11(12)18(10)14/h1-4,10H,5-9H2,(H,15,16). The zero-order valence-corrected chi connectivity index (χ0v) is 11.9. The van der Waals surface area contributed by atoms with Crippen molar-refractivity contribution in [2.24, 2.45) is 4.99 Å². The Bertz CT molecular complexity index is 588. The molecule has 0 aromatic heterocycles. The van der Waals surface area contributed by atoms with Crippen LogP contribution >= 0.6 is 11.8 Å². The van der Waals surface area contributed by atoms with Gasteiger partial charge >= 0.3 is 6.03 Å². The molecule has 1 aromatic carbocycles. The predicted molar refractivity (Wildman–Crippen MR) is 80.7 cm³/mol. The summed E-state index contributed by atoms with van der Waals surface area (Å²) in [7, 11) is 0. The van der Waals surface area contributed by atoms with Crippen molar-refractivity contribution in [1.29, 1.82) is 0 Å². The van der Waals surface area contributed by atoms with Crippen LogP contribution in [0.5, 0.6) is 0 Å². The number of para-hydroxylation sites is 1. The molecule has 3 aliphatic heterocycles. The molecule has 0 bridgehead atoms. The van der Waals surface area contributed by atoms with E-state index in [1.165, 1.54) is 4.90 Å². The molecular formula is C14H16N4OS. The SMILES string of the molecule is O=C1N(CC2=NCCN2)CC2CSc3ccccc3N12. The average Bonchev–Trinajstić information content (AvgIpc) is 3.08. The van der Waals surface area contributed by atoms with E-state index in [0.717, 1.165) is 36.9 Å². The Morgan fingerprint density at radius 2 is 2.30 bits per heavy atom. The topological polar surface area (TPSA) is 47.9 Å². The number of thioether (sulfide) groups is 1. The fraction of sp³-hybridized carbons (Fsp3) is 0.429. The highest BCUT2D eigenvalue weighted by Gasteiger charge is 2.41. The summed E-state index contributed by atoms with van der Waals surface area (Å²) in [6.07, 6.45) is 0. The lowest BCUT2D eigenvalue weighted by Gasteiger charge is -2.29. The monoisotopic (exact) mass is 288 g/mol. The number of nitrogens with zero attached hydrogens (tertiary/aromatic N) is 3. The van der Waals surface area contributed by atoms with Gasteiger partial charge in [-0.25, -0.2) is 4.79 Å². The maximum absolute atomic E-state index is 12.7. The lowest BCUT2D eigenvalue weighted by Crippen LogP contribution is -2.40. The highest BCUT2D eigenvalue weighted by molar-refractivity contribution is 7.99. The first-order valence-electron chi connectivity index (χ1n) is 6.90. The molecule has 3 aliphatic rings. The molecule has 1 N–H and O–H groups in total. The molecule has 0 saturated carbocycles. The summed E-state index contributed by atoms with van der Waals surface area (Å²) < 4.78 is 0. The zero-order chi connectivity index (χ0) is 13.5. The minimum atomic E-state index is 0.110. The van der Waals surface area contributed by atoms with Gasteiger partial charge < -0.3 is 10.2 Å². The molecule has 1 fully saturated rings. The van der Waals surface area contributed by atoms with E-state index in [0.29, 0.717) is 6.54 Å². The molecule has 5 nitrogen and oxygen atoms in total. The third kappa shape index (κ3) is 1.86. The molecule has 1 saturated heterocycles. The first-order valence-corrected chi connectivity index (χ1v) is 7.88. The van der Waals surface area contributed by atoms with Crippen molar-refractivity contribution in [3.05, 3.63) is 24.3 Å². The Hall–Kier alpha value is -1.69. The summed E-state index contributed by atoms with van der Waals surface area (Å²) in [6.45, 7) is 3.12. The van der Waals surface area contributed by atoms with Gasteiger partial charge in [-0.2, -0.15) is 0 Å². The van der Waals surface area contributed by atoms with Gasteiger partial charge in [0.1, 0.15) is 5.84 Å². The van der Waals surface area contributed by atoms with Crippen LogP contribution in [0.1, 0.15) is 0 Å². The van der Waals surface area contributed by atoms with Crippen molar-refractivity contribution in [2.75, 3.05) is 36.8 Å². The highest BCUT2D eigenvalue weighted by atomic mass is 32.2. The van der Waals surface area contributed by atoms with Crippen LogP contribution in [0.3, 0.4) is 0 Å². The molecule has 0 radical (unpaired) electrons. The van der Waals surface area contributed by atoms with Crippen LogP contribution in [-0.2, 0) is 0 Å². The fourth-order valence-corrected chi connectivity index (χ4v) is 4.10. The maximum atomic E-state index is 12.7. The number of nitrogens with one attached hydrogen (secondary N) is 1. The first kappa shape index (κ1) is 12.1. The number of aliphatic imine (C=N–C) groups is 1. The molecular weight excluding hydrogens is 272 g/mol. The number of rotatable bonds is 2. The van der Waals surface area contributed by atoms with E-state index in [1.54, 1.807) is 0 Å². The molecule has 104 valence electrons. The van der Waals surface area contributed by atoms with Crippen molar-refractivity contribution >= 4 is 29.3 Å². The number of amides is 2. The molecule has 6 heteroatoms. The number of carbonyl (C=O) groups excluding carboxylic acids is 1. The van der Waals surface area contributed by atoms with Crippen molar-refractivity contribution in [3.8, 4) is 0 Å². The van der Waals surface area contributed by atoms with Gasteiger partial charge in [0.25, 0.3) is 0 Å². The molecule has 1 aromatic rings. The van der Waals surface area contributed by atoms with Gasteiger partial charge in [-0.15, -0.1) is 11.8 Å².